The van der Waals surface area contributed by atoms with Gasteiger partial charge in [-0.15, -0.1) is 0 Å². The van der Waals surface area contributed by atoms with E-state index in [-0.39, 0.29) is 17.0 Å². The lowest BCUT2D eigenvalue weighted by Gasteiger charge is -2.34. The second-order valence-electron chi connectivity index (χ2n) is 9.68. The maximum atomic E-state index is 13.4. The number of hydrogen-bond donors (Lipinski definition) is 2. The summed E-state index contributed by atoms with van der Waals surface area (Å²) < 4.78 is 32.8. The van der Waals surface area contributed by atoms with E-state index in [1.165, 1.54) is 32.0 Å². The predicted molar refractivity (Wildman–Crippen MR) is 133 cm³/mol. The molecule has 1 amide bonds. The van der Waals surface area contributed by atoms with Crippen LogP contribution in [0, 0.1) is 5.41 Å². The minimum Gasteiger partial charge on any atom is -0.375 e. The molecule has 2 N–H and O–H groups in total. The van der Waals surface area contributed by atoms with Gasteiger partial charge >= 0.3 is 0 Å². The van der Waals surface area contributed by atoms with Gasteiger partial charge in [-0.2, -0.15) is 0 Å². The van der Waals surface area contributed by atoms with Crippen LogP contribution in [-0.2, 0) is 14.8 Å². The Morgan fingerprint density at radius 1 is 1.06 bits per heavy atom. The Morgan fingerprint density at radius 2 is 1.83 bits per heavy atom. The first-order valence-corrected chi connectivity index (χ1v) is 13.6. The molecule has 11 heteroatoms. The van der Waals surface area contributed by atoms with E-state index in [1.807, 2.05) is 24.0 Å². The van der Waals surface area contributed by atoms with Crippen molar-refractivity contribution in [3.05, 3.63) is 35.9 Å². The zero-order valence-corrected chi connectivity index (χ0v) is 21.0. The zero-order chi connectivity index (χ0) is 24.6. The molecular weight excluding hydrogens is 468 g/mol. The van der Waals surface area contributed by atoms with Crippen molar-refractivity contribution in [1.29, 1.82) is 0 Å². The number of nitrogens with one attached hydrogen (secondary N) is 2. The molecule has 2 aromatic heterocycles. The molecule has 188 valence electrons. The molecule has 3 aliphatic rings. The summed E-state index contributed by atoms with van der Waals surface area (Å²) in [5, 5.41) is 2.79. The molecule has 3 fully saturated rings. The zero-order valence-electron chi connectivity index (χ0n) is 20.2. The molecule has 4 heterocycles. The number of piperidine rings is 1. The summed E-state index contributed by atoms with van der Waals surface area (Å²) in [4.78, 5) is 26.6. The SMILES string of the molecule is CNS(=O)(=O)c1ccc(C(=O)Nc2cccc(N3CCO[C@H](C)C3)n2)c(N2CCC3(CC2)CC3)n1. The molecule has 2 saturated heterocycles. The van der Waals surface area contributed by atoms with E-state index in [4.69, 9.17) is 4.74 Å². The Bertz CT molecular complexity index is 1210. The van der Waals surface area contributed by atoms with Gasteiger partial charge in [0.1, 0.15) is 17.5 Å². The summed E-state index contributed by atoms with van der Waals surface area (Å²) in [6.45, 7) is 5.62. The van der Waals surface area contributed by atoms with E-state index >= 15 is 0 Å². The number of nitrogens with zero attached hydrogens (tertiary/aromatic N) is 4. The molecule has 1 saturated carbocycles. The van der Waals surface area contributed by atoms with Gasteiger partial charge in [0.05, 0.1) is 18.3 Å². The van der Waals surface area contributed by atoms with Crippen LogP contribution in [-0.4, -0.2) is 70.2 Å². The van der Waals surface area contributed by atoms with Crippen molar-refractivity contribution in [2.45, 2.75) is 43.7 Å². The van der Waals surface area contributed by atoms with Gasteiger partial charge in [0.15, 0.2) is 5.03 Å². The van der Waals surface area contributed by atoms with E-state index in [0.717, 1.165) is 44.8 Å². The first-order chi connectivity index (χ1) is 16.8. The summed E-state index contributed by atoms with van der Waals surface area (Å²) in [6.07, 6.45) is 4.67. The minimum absolute atomic E-state index is 0.0974. The Morgan fingerprint density at radius 3 is 2.51 bits per heavy atom. The number of pyridine rings is 2. The largest absolute Gasteiger partial charge is 0.375 e. The highest BCUT2D eigenvalue weighted by Crippen LogP contribution is 2.54. The lowest BCUT2D eigenvalue weighted by atomic mass is 9.93. The third-order valence-corrected chi connectivity index (χ3v) is 8.58. The Balaban J connectivity index is 1.40. The number of carbonyl (C=O) groups excluding carboxylic acids is 1. The van der Waals surface area contributed by atoms with Crippen molar-refractivity contribution in [2.24, 2.45) is 5.41 Å². The van der Waals surface area contributed by atoms with Gasteiger partial charge < -0.3 is 19.9 Å². The fourth-order valence-corrected chi connectivity index (χ4v) is 5.52. The summed E-state index contributed by atoms with van der Waals surface area (Å²) in [7, 11) is -2.39. The van der Waals surface area contributed by atoms with Crippen LogP contribution in [0.2, 0.25) is 0 Å². The number of amides is 1. The smallest absolute Gasteiger partial charge is 0.260 e. The van der Waals surface area contributed by atoms with Crippen LogP contribution in [0.4, 0.5) is 17.5 Å². The fraction of sp³-hybridized carbons (Fsp3) is 0.542. The normalized spacial score (nSPS) is 21.7. The van der Waals surface area contributed by atoms with Crippen molar-refractivity contribution in [2.75, 3.05) is 55.0 Å². The van der Waals surface area contributed by atoms with Gasteiger partial charge in [0.2, 0.25) is 0 Å². The summed E-state index contributed by atoms with van der Waals surface area (Å²) in [5.74, 6) is 1.23. The number of sulfonamides is 1. The lowest BCUT2D eigenvalue weighted by molar-refractivity contribution is 0.0529. The number of ether oxygens (including phenoxy) is 1. The van der Waals surface area contributed by atoms with Crippen molar-refractivity contribution < 1.29 is 17.9 Å². The fourth-order valence-electron chi connectivity index (χ4n) is 4.85. The van der Waals surface area contributed by atoms with E-state index < -0.39 is 10.0 Å². The van der Waals surface area contributed by atoms with Gasteiger partial charge in [-0.25, -0.2) is 23.1 Å². The third kappa shape index (κ3) is 5.12. The third-order valence-electron chi connectivity index (χ3n) is 7.26. The number of carbonyl (C=O) groups is 1. The molecule has 0 aromatic carbocycles. The van der Waals surface area contributed by atoms with E-state index in [1.54, 1.807) is 6.07 Å². The Labute approximate surface area is 206 Å². The molecule has 5 rings (SSSR count). The molecule has 0 bridgehead atoms. The summed E-state index contributed by atoms with van der Waals surface area (Å²) >= 11 is 0. The van der Waals surface area contributed by atoms with Crippen molar-refractivity contribution >= 4 is 33.4 Å². The maximum absolute atomic E-state index is 13.4. The topological polar surface area (TPSA) is 117 Å². The van der Waals surface area contributed by atoms with Gasteiger partial charge in [-0.1, -0.05) is 6.07 Å². The number of rotatable bonds is 6. The molecule has 2 aromatic rings. The van der Waals surface area contributed by atoms with Crippen molar-refractivity contribution in [3.8, 4) is 0 Å². The first-order valence-electron chi connectivity index (χ1n) is 12.1. The number of anilines is 3. The molecule has 10 nitrogen and oxygen atoms in total. The number of morpholine rings is 1. The van der Waals surface area contributed by atoms with Gasteiger partial charge in [-0.3, -0.25) is 4.79 Å². The maximum Gasteiger partial charge on any atom is 0.260 e. The molecule has 35 heavy (non-hydrogen) atoms. The average Bonchev–Trinajstić information content (AvgIpc) is 3.63. The molecule has 0 radical (unpaired) electrons. The lowest BCUT2D eigenvalue weighted by Crippen LogP contribution is -2.41. The van der Waals surface area contributed by atoms with Gasteiger partial charge in [-0.05, 0) is 69.3 Å². The van der Waals surface area contributed by atoms with Crippen LogP contribution in [0.25, 0.3) is 0 Å². The highest BCUT2D eigenvalue weighted by molar-refractivity contribution is 7.89. The van der Waals surface area contributed by atoms with Crippen LogP contribution in [0.3, 0.4) is 0 Å². The molecule has 0 unspecified atom stereocenters. The standard InChI is InChI=1S/C24H32N6O4S/c1-17-16-30(14-15-34-17)20-5-3-4-19(26-20)27-23(31)18-6-7-21(35(32,33)25-2)28-22(18)29-12-10-24(8-9-24)11-13-29/h3-7,17,25H,8-16H2,1-2H3,(H,26,27,31)/t17-/m1/s1. The van der Waals surface area contributed by atoms with Crippen LogP contribution in [0.5, 0.6) is 0 Å². The van der Waals surface area contributed by atoms with E-state index in [0.29, 0.717) is 29.2 Å². The molecule has 2 aliphatic heterocycles. The quantitative estimate of drug-likeness (QED) is 0.620. The van der Waals surface area contributed by atoms with Gasteiger partial charge in [0, 0.05) is 26.2 Å². The Kier molecular flexibility index (Phi) is 6.41. The summed E-state index contributed by atoms with van der Waals surface area (Å²) in [5.41, 5.74) is 0.772. The second-order valence-corrected chi connectivity index (χ2v) is 11.5. The summed E-state index contributed by atoms with van der Waals surface area (Å²) in [6, 6.07) is 8.43. The first kappa shape index (κ1) is 24.0. The predicted octanol–water partition coefficient (Wildman–Crippen LogP) is 2.24. The van der Waals surface area contributed by atoms with Gasteiger partial charge in [0.25, 0.3) is 15.9 Å². The molecule has 1 atom stereocenters. The van der Waals surface area contributed by atoms with Crippen LogP contribution in [0.1, 0.15) is 43.0 Å². The monoisotopic (exact) mass is 500 g/mol. The number of aromatic nitrogens is 2. The molecule has 1 spiro atoms. The second kappa shape index (κ2) is 9.36. The van der Waals surface area contributed by atoms with Crippen LogP contribution < -0.4 is 19.8 Å². The Hall–Kier alpha value is -2.76. The van der Waals surface area contributed by atoms with Crippen LogP contribution in [0.15, 0.2) is 35.4 Å². The molecular formula is C24H32N6O4S. The highest BCUT2D eigenvalue weighted by atomic mass is 32.2. The van der Waals surface area contributed by atoms with E-state index in [2.05, 4.69) is 24.9 Å². The molecule has 1 aliphatic carbocycles. The van der Waals surface area contributed by atoms with E-state index in [9.17, 15) is 13.2 Å². The highest BCUT2D eigenvalue weighted by Gasteiger charge is 2.45. The minimum atomic E-state index is -3.74. The van der Waals surface area contributed by atoms with Crippen molar-refractivity contribution in [1.82, 2.24) is 14.7 Å². The van der Waals surface area contributed by atoms with Crippen molar-refractivity contribution in [3.63, 3.8) is 0 Å². The van der Waals surface area contributed by atoms with Crippen LogP contribution >= 0.6 is 0 Å². The average molecular weight is 501 g/mol. The number of hydrogen-bond acceptors (Lipinski definition) is 8.